The van der Waals surface area contributed by atoms with E-state index in [9.17, 15) is 14.3 Å². The van der Waals surface area contributed by atoms with Gasteiger partial charge in [0.25, 0.3) is 5.56 Å². The summed E-state index contributed by atoms with van der Waals surface area (Å²) in [6, 6.07) is 18.7. The van der Waals surface area contributed by atoms with Crippen molar-refractivity contribution in [3.05, 3.63) is 93.6 Å². The highest BCUT2D eigenvalue weighted by Gasteiger charge is 2.19. The van der Waals surface area contributed by atoms with Crippen LogP contribution in [-0.2, 0) is 0 Å². The molecule has 0 atom stereocenters. The van der Waals surface area contributed by atoms with Gasteiger partial charge in [0.15, 0.2) is 5.76 Å². The molecular weight excluding hydrogens is 431 g/mol. The number of hydrogen-bond donors (Lipinski definition) is 2. The summed E-state index contributed by atoms with van der Waals surface area (Å²) in [5.41, 5.74) is 3.14. The monoisotopic (exact) mass is 446 g/mol. The predicted molar refractivity (Wildman–Crippen MR) is 122 cm³/mol. The maximum absolute atomic E-state index is 14.1. The van der Waals surface area contributed by atoms with Crippen LogP contribution in [0.2, 0.25) is 5.02 Å². The molecule has 5 rings (SSSR count). The molecule has 0 aliphatic rings. The van der Waals surface area contributed by atoms with E-state index in [1.54, 1.807) is 43.3 Å². The second-order valence-electron chi connectivity index (χ2n) is 7.45. The Labute approximate surface area is 186 Å². The second kappa shape index (κ2) is 7.66. The Balaban J connectivity index is 1.64. The molecule has 0 unspecified atom stereocenters. The van der Waals surface area contributed by atoms with Crippen LogP contribution in [-0.4, -0.2) is 15.2 Å². The summed E-state index contributed by atoms with van der Waals surface area (Å²) in [6.07, 6.45) is 0. The van der Waals surface area contributed by atoms with E-state index in [1.165, 1.54) is 6.07 Å². The number of aromatic amines is 1. The standard InChI is InChI=1S/C25H16ClFN2O3/c1-13-10-22(32-29-13)23-24(30)18-11-17(19(26)12-21(18)28-25(23)31)15-8-6-14(7-9-15)16-4-2-3-5-20(16)27/h2-12H,1H3,(H2,28,30,31). The highest BCUT2D eigenvalue weighted by atomic mass is 35.5. The molecular formula is C25H16ClFN2O3. The fourth-order valence-electron chi connectivity index (χ4n) is 3.76. The van der Waals surface area contributed by atoms with Gasteiger partial charge in [0, 0.05) is 22.6 Å². The first kappa shape index (κ1) is 20.0. The Kier molecular flexibility index (Phi) is 4.79. The van der Waals surface area contributed by atoms with Crippen LogP contribution in [0, 0.1) is 12.7 Å². The molecule has 0 amide bonds. The van der Waals surface area contributed by atoms with Gasteiger partial charge in [0.05, 0.1) is 16.2 Å². The van der Waals surface area contributed by atoms with Crippen LogP contribution in [0.15, 0.2) is 76.0 Å². The quantitative estimate of drug-likeness (QED) is 0.339. The number of rotatable bonds is 3. The normalized spacial score (nSPS) is 11.2. The average Bonchev–Trinajstić information content (AvgIpc) is 3.20. The Morgan fingerprint density at radius 2 is 1.69 bits per heavy atom. The van der Waals surface area contributed by atoms with E-state index in [0.717, 1.165) is 11.1 Å². The first-order valence-electron chi connectivity index (χ1n) is 9.80. The highest BCUT2D eigenvalue weighted by molar-refractivity contribution is 6.34. The van der Waals surface area contributed by atoms with Gasteiger partial charge in [-0.05, 0) is 36.2 Å². The molecule has 0 aliphatic carbocycles. The maximum Gasteiger partial charge on any atom is 0.263 e. The number of aromatic hydroxyl groups is 1. The molecule has 0 aliphatic heterocycles. The molecule has 2 aromatic heterocycles. The molecule has 7 heteroatoms. The van der Waals surface area contributed by atoms with Crippen molar-refractivity contribution in [2.75, 3.05) is 0 Å². The number of aryl methyl sites for hydroxylation is 1. The minimum Gasteiger partial charge on any atom is -0.506 e. The lowest BCUT2D eigenvalue weighted by atomic mass is 9.98. The Morgan fingerprint density at radius 3 is 2.34 bits per heavy atom. The van der Waals surface area contributed by atoms with E-state index >= 15 is 0 Å². The zero-order valence-corrected chi connectivity index (χ0v) is 17.6. The van der Waals surface area contributed by atoms with E-state index < -0.39 is 5.56 Å². The fraction of sp³-hybridized carbons (Fsp3) is 0.0400. The van der Waals surface area contributed by atoms with E-state index in [4.69, 9.17) is 16.1 Å². The third-order valence-corrected chi connectivity index (χ3v) is 5.64. The van der Waals surface area contributed by atoms with Crippen molar-refractivity contribution in [3.8, 4) is 39.3 Å². The van der Waals surface area contributed by atoms with Crippen molar-refractivity contribution in [1.29, 1.82) is 0 Å². The molecule has 158 valence electrons. The number of H-pyrrole nitrogens is 1. The summed E-state index contributed by atoms with van der Waals surface area (Å²) in [7, 11) is 0. The largest absolute Gasteiger partial charge is 0.506 e. The zero-order valence-electron chi connectivity index (χ0n) is 16.8. The number of fused-ring (bicyclic) bond motifs is 1. The lowest BCUT2D eigenvalue weighted by Gasteiger charge is -2.11. The predicted octanol–water partition coefficient (Wildman–Crippen LogP) is 6.32. The van der Waals surface area contributed by atoms with Crippen LogP contribution >= 0.6 is 11.6 Å². The van der Waals surface area contributed by atoms with E-state index in [2.05, 4.69) is 10.1 Å². The smallest absolute Gasteiger partial charge is 0.263 e. The Bertz CT molecular complexity index is 1540. The van der Waals surface area contributed by atoms with Crippen LogP contribution in [0.1, 0.15) is 5.69 Å². The van der Waals surface area contributed by atoms with Gasteiger partial charge in [0.2, 0.25) is 0 Å². The van der Waals surface area contributed by atoms with E-state index in [-0.39, 0.29) is 22.9 Å². The lowest BCUT2D eigenvalue weighted by Crippen LogP contribution is -2.09. The minimum absolute atomic E-state index is 0.00118. The van der Waals surface area contributed by atoms with Gasteiger partial charge in [-0.2, -0.15) is 0 Å². The van der Waals surface area contributed by atoms with Crippen molar-refractivity contribution in [3.63, 3.8) is 0 Å². The van der Waals surface area contributed by atoms with Gasteiger partial charge >= 0.3 is 0 Å². The minimum atomic E-state index is -0.510. The number of benzene rings is 3. The summed E-state index contributed by atoms with van der Waals surface area (Å²) in [4.78, 5) is 15.3. The van der Waals surface area contributed by atoms with Crippen molar-refractivity contribution in [2.24, 2.45) is 0 Å². The molecule has 0 fully saturated rings. The molecule has 32 heavy (non-hydrogen) atoms. The summed E-state index contributed by atoms with van der Waals surface area (Å²) in [5.74, 6) is -0.345. The van der Waals surface area contributed by atoms with Gasteiger partial charge in [-0.15, -0.1) is 0 Å². The fourth-order valence-corrected chi connectivity index (χ4v) is 4.03. The Morgan fingerprint density at radius 1 is 1.00 bits per heavy atom. The number of pyridine rings is 1. The summed E-state index contributed by atoms with van der Waals surface area (Å²) in [6.45, 7) is 1.72. The van der Waals surface area contributed by atoms with Crippen LogP contribution in [0.5, 0.6) is 5.75 Å². The van der Waals surface area contributed by atoms with E-state index in [0.29, 0.717) is 32.7 Å². The van der Waals surface area contributed by atoms with E-state index in [1.807, 2.05) is 24.3 Å². The van der Waals surface area contributed by atoms with Gasteiger partial charge in [-0.3, -0.25) is 4.79 Å². The van der Waals surface area contributed by atoms with Gasteiger partial charge in [0.1, 0.15) is 17.1 Å². The summed E-state index contributed by atoms with van der Waals surface area (Å²) in [5, 5.41) is 15.5. The van der Waals surface area contributed by atoms with Crippen LogP contribution in [0.25, 0.3) is 44.5 Å². The van der Waals surface area contributed by atoms with Crippen molar-refractivity contribution >= 4 is 22.5 Å². The number of nitrogens with one attached hydrogen (secondary N) is 1. The highest BCUT2D eigenvalue weighted by Crippen LogP contribution is 2.38. The molecule has 2 heterocycles. The third kappa shape index (κ3) is 3.35. The number of nitrogens with zero attached hydrogens (tertiary/aromatic N) is 1. The van der Waals surface area contributed by atoms with Crippen LogP contribution in [0.3, 0.4) is 0 Å². The second-order valence-corrected chi connectivity index (χ2v) is 7.85. The van der Waals surface area contributed by atoms with Crippen molar-refractivity contribution in [1.82, 2.24) is 10.1 Å². The zero-order chi connectivity index (χ0) is 22.4. The van der Waals surface area contributed by atoms with Crippen molar-refractivity contribution in [2.45, 2.75) is 6.92 Å². The molecule has 5 nitrogen and oxygen atoms in total. The molecule has 0 radical (unpaired) electrons. The third-order valence-electron chi connectivity index (χ3n) is 5.33. The molecule has 0 spiro atoms. The molecule has 5 aromatic rings. The molecule has 0 saturated heterocycles. The summed E-state index contributed by atoms with van der Waals surface area (Å²) >= 11 is 6.49. The SMILES string of the molecule is Cc1cc(-c2c(O)c3cc(-c4ccc(-c5ccccc5F)cc4)c(Cl)cc3[nH]c2=O)on1. The first-order chi connectivity index (χ1) is 15.4. The molecule has 0 bridgehead atoms. The maximum atomic E-state index is 14.1. The number of halogens is 2. The number of hydrogen-bond acceptors (Lipinski definition) is 4. The van der Waals surface area contributed by atoms with Gasteiger partial charge < -0.3 is 14.6 Å². The van der Waals surface area contributed by atoms with Gasteiger partial charge in [-0.1, -0.05) is 59.2 Å². The molecule has 3 aromatic carbocycles. The van der Waals surface area contributed by atoms with Crippen LogP contribution in [0.4, 0.5) is 4.39 Å². The molecule has 2 N–H and O–H groups in total. The molecule has 0 saturated carbocycles. The first-order valence-corrected chi connectivity index (χ1v) is 10.2. The van der Waals surface area contributed by atoms with Crippen molar-refractivity contribution < 1.29 is 14.0 Å². The van der Waals surface area contributed by atoms with Gasteiger partial charge in [-0.25, -0.2) is 4.39 Å². The Hall–Kier alpha value is -3.90. The summed E-state index contributed by atoms with van der Waals surface area (Å²) < 4.78 is 19.3. The lowest BCUT2D eigenvalue weighted by molar-refractivity contribution is 0.421. The van der Waals surface area contributed by atoms with Crippen LogP contribution < -0.4 is 5.56 Å². The average molecular weight is 447 g/mol. The topological polar surface area (TPSA) is 79.1 Å². The number of aromatic nitrogens is 2.